The van der Waals surface area contributed by atoms with E-state index in [-0.39, 0.29) is 30.3 Å². The van der Waals surface area contributed by atoms with Crippen LogP contribution >= 0.6 is 23.7 Å². The predicted octanol–water partition coefficient (Wildman–Crippen LogP) is 2.86. The minimum absolute atomic E-state index is 0. The van der Waals surface area contributed by atoms with Gasteiger partial charge in [0.1, 0.15) is 0 Å². The van der Waals surface area contributed by atoms with Crippen molar-refractivity contribution in [3.63, 3.8) is 0 Å². The van der Waals surface area contributed by atoms with Crippen LogP contribution in [0.3, 0.4) is 0 Å². The number of carbonyl (C=O) groups is 2. The largest absolute Gasteiger partial charge is 0.351 e. The highest BCUT2D eigenvalue weighted by Crippen LogP contribution is 2.17. The summed E-state index contributed by atoms with van der Waals surface area (Å²) in [6.45, 7) is 2.78. The van der Waals surface area contributed by atoms with Gasteiger partial charge in [-0.25, -0.2) is 0 Å². The molecule has 0 bridgehead atoms. The maximum Gasteiger partial charge on any atom is 0.252 e. The van der Waals surface area contributed by atoms with Crippen molar-refractivity contribution < 1.29 is 9.59 Å². The molecule has 1 aliphatic heterocycles. The molecule has 0 saturated carbocycles. The van der Waals surface area contributed by atoms with Gasteiger partial charge >= 0.3 is 0 Å². The van der Waals surface area contributed by atoms with E-state index in [1.807, 2.05) is 33.9 Å². The van der Waals surface area contributed by atoms with Gasteiger partial charge in [-0.2, -0.15) is 11.3 Å². The van der Waals surface area contributed by atoms with E-state index in [1.165, 1.54) is 11.3 Å². The maximum absolute atomic E-state index is 13.0. The maximum atomic E-state index is 13.0. The Morgan fingerprint density at radius 2 is 2.14 bits per heavy atom. The van der Waals surface area contributed by atoms with Crippen LogP contribution in [0.1, 0.15) is 41.7 Å². The molecule has 1 unspecified atom stereocenters. The molecule has 0 aliphatic carbocycles. The molecule has 1 fully saturated rings. The van der Waals surface area contributed by atoms with Crippen molar-refractivity contribution in [3.05, 3.63) is 52.5 Å². The summed E-state index contributed by atoms with van der Waals surface area (Å²) in [4.78, 5) is 31.3. The minimum Gasteiger partial charge on any atom is -0.351 e. The normalized spacial score (nSPS) is 16.5. The number of pyridine rings is 1. The monoisotopic (exact) mass is 422 g/mol. The van der Waals surface area contributed by atoms with E-state index in [4.69, 9.17) is 0 Å². The average Bonchev–Trinajstić information content (AvgIpc) is 3.10. The van der Waals surface area contributed by atoms with Crippen molar-refractivity contribution in [2.24, 2.45) is 0 Å². The Bertz CT molecular complexity index is 719. The van der Waals surface area contributed by atoms with E-state index in [9.17, 15) is 9.59 Å². The molecule has 2 aromatic rings. The summed E-state index contributed by atoms with van der Waals surface area (Å²) in [5.74, 6) is -0.0582. The summed E-state index contributed by atoms with van der Waals surface area (Å²) in [6.07, 6.45) is 5.05. The van der Waals surface area contributed by atoms with E-state index in [0.29, 0.717) is 25.1 Å². The van der Waals surface area contributed by atoms with Crippen molar-refractivity contribution in [2.45, 2.75) is 38.3 Å². The number of halogens is 1. The number of nitrogens with one attached hydrogen (secondary N) is 2. The second-order valence-electron chi connectivity index (χ2n) is 6.70. The highest BCUT2D eigenvalue weighted by atomic mass is 35.5. The Labute approximate surface area is 176 Å². The molecule has 0 spiro atoms. The lowest BCUT2D eigenvalue weighted by Gasteiger charge is -2.31. The molecule has 28 heavy (non-hydrogen) atoms. The average molecular weight is 423 g/mol. The molecule has 2 N–H and O–H groups in total. The summed E-state index contributed by atoms with van der Waals surface area (Å²) in [5.41, 5.74) is 1.54. The molecular formula is C20H27ClN4O2S. The number of thiophene rings is 1. The first-order valence-electron chi connectivity index (χ1n) is 9.44. The van der Waals surface area contributed by atoms with Crippen molar-refractivity contribution in [1.82, 2.24) is 20.5 Å². The summed E-state index contributed by atoms with van der Waals surface area (Å²) >= 11 is 1.49. The van der Waals surface area contributed by atoms with Gasteiger partial charge in [-0.1, -0.05) is 6.07 Å². The first-order valence-corrected chi connectivity index (χ1v) is 10.4. The van der Waals surface area contributed by atoms with Crippen LogP contribution in [0.2, 0.25) is 0 Å². The number of hydrogen-bond donors (Lipinski definition) is 2. The van der Waals surface area contributed by atoms with Crippen molar-refractivity contribution in [2.75, 3.05) is 19.6 Å². The standard InChI is InChI=1S/C20H26N4O2S.ClH/c25-19(7-12-23-20(26)16-8-13-27-15-16)24(14-17-4-1-2-10-22-17)18-5-3-9-21-11-6-18;/h1-2,4,8,10,13,15,18,21H,3,5-7,9,11-12,14H2,(H,23,26);1H. The molecule has 1 atom stereocenters. The Morgan fingerprint density at radius 1 is 1.25 bits per heavy atom. The molecule has 152 valence electrons. The topological polar surface area (TPSA) is 74.3 Å². The Kier molecular flexibility index (Phi) is 9.40. The van der Waals surface area contributed by atoms with Gasteiger partial charge in [-0.05, 0) is 55.9 Å². The summed E-state index contributed by atoms with van der Waals surface area (Å²) < 4.78 is 0. The van der Waals surface area contributed by atoms with Crippen LogP contribution in [0.15, 0.2) is 41.2 Å². The van der Waals surface area contributed by atoms with E-state index in [2.05, 4.69) is 15.6 Å². The van der Waals surface area contributed by atoms with Gasteiger partial charge in [0.25, 0.3) is 5.91 Å². The lowest BCUT2D eigenvalue weighted by atomic mass is 10.1. The Hall–Kier alpha value is -1.96. The van der Waals surface area contributed by atoms with Crippen molar-refractivity contribution in [1.29, 1.82) is 0 Å². The van der Waals surface area contributed by atoms with Crippen molar-refractivity contribution >= 4 is 35.6 Å². The van der Waals surface area contributed by atoms with E-state index in [1.54, 1.807) is 12.3 Å². The molecule has 0 aromatic carbocycles. The Morgan fingerprint density at radius 3 is 2.89 bits per heavy atom. The molecule has 3 rings (SSSR count). The van der Waals surface area contributed by atoms with Crippen LogP contribution in [0.25, 0.3) is 0 Å². The zero-order valence-corrected chi connectivity index (χ0v) is 17.4. The van der Waals surface area contributed by atoms with E-state index >= 15 is 0 Å². The number of aromatic nitrogens is 1. The summed E-state index contributed by atoms with van der Waals surface area (Å²) in [7, 11) is 0. The molecular weight excluding hydrogens is 396 g/mol. The molecule has 1 aliphatic rings. The van der Waals surface area contributed by atoms with Crippen LogP contribution in [0.5, 0.6) is 0 Å². The lowest BCUT2D eigenvalue weighted by Crippen LogP contribution is -2.42. The fraction of sp³-hybridized carbons (Fsp3) is 0.450. The number of hydrogen-bond acceptors (Lipinski definition) is 5. The third-order valence-electron chi connectivity index (χ3n) is 4.77. The fourth-order valence-electron chi connectivity index (χ4n) is 3.32. The molecule has 2 amide bonds. The van der Waals surface area contributed by atoms with Gasteiger partial charge < -0.3 is 15.5 Å². The first kappa shape index (κ1) is 22.3. The van der Waals surface area contributed by atoms with Crippen LogP contribution < -0.4 is 10.6 Å². The summed E-state index contributed by atoms with van der Waals surface area (Å²) in [6, 6.07) is 7.77. The molecule has 8 heteroatoms. The van der Waals surface area contributed by atoms with Crippen LogP contribution in [0, 0.1) is 0 Å². The van der Waals surface area contributed by atoms with Crippen LogP contribution in [0.4, 0.5) is 0 Å². The smallest absolute Gasteiger partial charge is 0.252 e. The number of rotatable bonds is 7. The van der Waals surface area contributed by atoms with Gasteiger partial charge in [0.2, 0.25) is 5.91 Å². The van der Waals surface area contributed by atoms with Gasteiger partial charge in [0.15, 0.2) is 0 Å². The molecule has 6 nitrogen and oxygen atoms in total. The van der Waals surface area contributed by atoms with Crippen LogP contribution in [-0.2, 0) is 11.3 Å². The number of nitrogens with zero attached hydrogens (tertiary/aromatic N) is 2. The highest BCUT2D eigenvalue weighted by Gasteiger charge is 2.25. The quantitative estimate of drug-likeness (QED) is 0.719. The third-order valence-corrected chi connectivity index (χ3v) is 5.46. The second-order valence-corrected chi connectivity index (χ2v) is 7.48. The Balaban J connectivity index is 0.00000280. The summed E-state index contributed by atoms with van der Waals surface area (Å²) in [5, 5.41) is 9.92. The third kappa shape index (κ3) is 6.58. The number of carbonyl (C=O) groups excluding carboxylic acids is 2. The first-order chi connectivity index (χ1) is 13.2. The predicted molar refractivity (Wildman–Crippen MR) is 114 cm³/mol. The highest BCUT2D eigenvalue weighted by molar-refractivity contribution is 7.08. The molecule has 0 radical (unpaired) electrons. The van der Waals surface area contributed by atoms with Gasteiger partial charge in [-0.15, -0.1) is 12.4 Å². The lowest BCUT2D eigenvalue weighted by molar-refractivity contribution is -0.134. The zero-order chi connectivity index (χ0) is 18.9. The SMILES string of the molecule is Cl.O=C(NCCC(=O)N(Cc1ccccn1)C1CCCNCC1)c1ccsc1. The van der Waals surface area contributed by atoms with Gasteiger partial charge in [0, 0.05) is 36.1 Å². The fourth-order valence-corrected chi connectivity index (χ4v) is 3.96. The zero-order valence-electron chi connectivity index (χ0n) is 15.8. The van der Waals surface area contributed by atoms with Crippen molar-refractivity contribution in [3.8, 4) is 0 Å². The van der Waals surface area contributed by atoms with E-state index in [0.717, 1.165) is 38.0 Å². The molecule has 1 saturated heterocycles. The minimum atomic E-state index is -0.126. The van der Waals surface area contributed by atoms with Gasteiger partial charge in [-0.3, -0.25) is 14.6 Å². The van der Waals surface area contributed by atoms with Gasteiger partial charge in [0.05, 0.1) is 12.2 Å². The second kappa shape index (κ2) is 11.8. The molecule has 3 heterocycles. The number of amides is 2. The van der Waals surface area contributed by atoms with Crippen LogP contribution in [-0.4, -0.2) is 47.4 Å². The van der Waals surface area contributed by atoms with E-state index < -0.39 is 0 Å². The molecule has 2 aromatic heterocycles.